The van der Waals surface area contributed by atoms with Gasteiger partial charge in [-0.2, -0.15) is 10.1 Å². The quantitative estimate of drug-likeness (QED) is 0.758. The number of aromatic amines is 1. The Labute approximate surface area is 77.8 Å². The summed E-state index contributed by atoms with van der Waals surface area (Å²) in [6.07, 6.45) is 1.10. The number of nitrogens with one attached hydrogen (secondary N) is 1. The van der Waals surface area contributed by atoms with Crippen LogP contribution in [0.15, 0.2) is 18.3 Å². The fourth-order valence-corrected chi connectivity index (χ4v) is 0.987. The van der Waals surface area contributed by atoms with Gasteiger partial charge in [0.2, 0.25) is 11.1 Å². The zero-order valence-corrected chi connectivity index (χ0v) is 7.09. The van der Waals surface area contributed by atoms with Crippen LogP contribution >= 0.6 is 11.6 Å². The van der Waals surface area contributed by atoms with Crippen LogP contribution in [-0.4, -0.2) is 20.2 Å². The predicted octanol–water partition coefficient (Wildman–Crippen LogP) is 1.66. The van der Waals surface area contributed by atoms with E-state index in [1.54, 1.807) is 0 Å². The number of H-pyrrole nitrogens is 1. The van der Waals surface area contributed by atoms with Gasteiger partial charge in [-0.3, -0.25) is 0 Å². The summed E-state index contributed by atoms with van der Waals surface area (Å²) in [4.78, 5) is 7.61. The Kier molecular flexibility index (Phi) is 1.94. The van der Waals surface area contributed by atoms with Gasteiger partial charge in [-0.1, -0.05) is 0 Å². The highest BCUT2D eigenvalue weighted by Crippen LogP contribution is 2.12. The monoisotopic (exact) mass is 198 g/mol. The molecule has 13 heavy (non-hydrogen) atoms. The van der Waals surface area contributed by atoms with Crippen molar-refractivity contribution >= 4 is 11.6 Å². The molecule has 0 amide bonds. The third kappa shape index (κ3) is 1.65. The number of pyridine rings is 1. The summed E-state index contributed by atoms with van der Waals surface area (Å²) >= 11 is 5.51. The number of hydrogen-bond acceptors (Lipinski definition) is 3. The first kappa shape index (κ1) is 8.12. The lowest BCUT2D eigenvalue weighted by Crippen LogP contribution is -1.86. The summed E-state index contributed by atoms with van der Waals surface area (Å²) < 4.78 is 12.5. The summed E-state index contributed by atoms with van der Waals surface area (Å²) in [5.74, 6) is -0.0459. The first-order valence-electron chi connectivity index (χ1n) is 3.45. The predicted molar refractivity (Wildman–Crippen MR) is 44.6 cm³/mol. The van der Waals surface area contributed by atoms with Gasteiger partial charge in [0, 0.05) is 0 Å². The second-order valence-corrected chi connectivity index (χ2v) is 2.67. The molecule has 1 N–H and O–H groups in total. The molecule has 0 aromatic carbocycles. The third-order valence-corrected chi connectivity index (χ3v) is 1.58. The van der Waals surface area contributed by atoms with E-state index in [0.717, 1.165) is 6.20 Å². The summed E-state index contributed by atoms with van der Waals surface area (Å²) in [6.45, 7) is 0. The van der Waals surface area contributed by atoms with Crippen molar-refractivity contribution in [3.8, 4) is 11.5 Å². The van der Waals surface area contributed by atoms with Crippen molar-refractivity contribution in [3.63, 3.8) is 0 Å². The van der Waals surface area contributed by atoms with E-state index < -0.39 is 5.82 Å². The second kappa shape index (κ2) is 3.10. The average molecular weight is 199 g/mol. The van der Waals surface area contributed by atoms with Crippen molar-refractivity contribution in [1.29, 1.82) is 0 Å². The van der Waals surface area contributed by atoms with Crippen molar-refractivity contribution in [2.24, 2.45) is 0 Å². The smallest absolute Gasteiger partial charge is 0.218 e. The average Bonchev–Trinajstić information content (AvgIpc) is 2.53. The molecule has 2 rings (SSSR count). The normalized spacial score (nSPS) is 10.3. The van der Waals surface area contributed by atoms with Gasteiger partial charge in [-0.05, 0) is 23.7 Å². The van der Waals surface area contributed by atoms with E-state index in [4.69, 9.17) is 11.6 Å². The van der Waals surface area contributed by atoms with E-state index in [2.05, 4.69) is 20.2 Å². The van der Waals surface area contributed by atoms with E-state index in [-0.39, 0.29) is 5.28 Å². The van der Waals surface area contributed by atoms with E-state index >= 15 is 0 Å². The molecule has 0 radical (unpaired) electrons. The Bertz CT molecular complexity index is 411. The lowest BCUT2D eigenvalue weighted by Gasteiger charge is -1.91. The van der Waals surface area contributed by atoms with Crippen LogP contribution in [0.2, 0.25) is 5.28 Å². The fourth-order valence-electron chi connectivity index (χ4n) is 0.865. The molecule has 0 aliphatic heterocycles. The van der Waals surface area contributed by atoms with Crippen LogP contribution in [0, 0.1) is 5.82 Å². The molecule has 0 spiro atoms. The zero-order valence-electron chi connectivity index (χ0n) is 6.33. The molecular weight excluding hydrogens is 195 g/mol. The molecular formula is C7H4ClFN4. The van der Waals surface area contributed by atoms with Gasteiger partial charge >= 0.3 is 0 Å². The van der Waals surface area contributed by atoms with Crippen molar-refractivity contribution in [2.45, 2.75) is 0 Å². The Morgan fingerprint density at radius 2 is 2.23 bits per heavy atom. The van der Waals surface area contributed by atoms with Crippen LogP contribution in [0.3, 0.4) is 0 Å². The van der Waals surface area contributed by atoms with Gasteiger partial charge in [-0.15, -0.1) is 0 Å². The topological polar surface area (TPSA) is 54.5 Å². The first-order valence-corrected chi connectivity index (χ1v) is 3.83. The highest BCUT2D eigenvalue weighted by atomic mass is 35.5. The molecule has 0 bridgehead atoms. The van der Waals surface area contributed by atoms with Crippen LogP contribution in [-0.2, 0) is 0 Å². The number of rotatable bonds is 1. The van der Waals surface area contributed by atoms with Gasteiger partial charge in [0.05, 0.1) is 6.20 Å². The maximum Gasteiger partial charge on any atom is 0.218 e. The maximum absolute atomic E-state index is 12.5. The van der Waals surface area contributed by atoms with E-state index in [9.17, 15) is 4.39 Å². The lowest BCUT2D eigenvalue weighted by atomic mass is 10.3. The summed E-state index contributed by atoms with van der Waals surface area (Å²) in [5.41, 5.74) is 0.476. The molecule has 6 heteroatoms. The summed E-state index contributed by atoms with van der Waals surface area (Å²) in [5, 5.41) is 6.40. The molecule has 0 unspecified atom stereocenters. The fraction of sp³-hybridized carbons (Fsp3) is 0. The molecule has 2 aromatic rings. The molecule has 0 aliphatic carbocycles. The Morgan fingerprint density at radius 3 is 2.77 bits per heavy atom. The first-order chi connectivity index (χ1) is 6.25. The number of hydrogen-bond donors (Lipinski definition) is 1. The van der Waals surface area contributed by atoms with Gasteiger partial charge in [0.15, 0.2) is 0 Å². The van der Waals surface area contributed by atoms with Crippen molar-refractivity contribution in [1.82, 2.24) is 20.2 Å². The Balaban J connectivity index is 2.41. The lowest BCUT2D eigenvalue weighted by molar-refractivity contribution is 0.621. The second-order valence-electron chi connectivity index (χ2n) is 2.31. The molecule has 0 saturated carbocycles. The van der Waals surface area contributed by atoms with E-state index in [1.165, 1.54) is 12.1 Å². The van der Waals surface area contributed by atoms with Crippen LogP contribution in [0.25, 0.3) is 11.5 Å². The van der Waals surface area contributed by atoms with Crippen molar-refractivity contribution < 1.29 is 4.39 Å². The zero-order chi connectivity index (χ0) is 9.26. The number of halogens is 2. The minimum atomic E-state index is -0.398. The molecule has 2 heterocycles. The molecule has 0 aliphatic rings. The van der Waals surface area contributed by atoms with Crippen LogP contribution in [0.5, 0.6) is 0 Å². The minimum absolute atomic E-state index is 0.182. The Morgan fingerprint density at radius 1 is 1.38 bits per heavy atom. The SMILES string of the molecule is Fc1ccc(-c2n[nH]c(Cl)n2)nc1. The minimum Gasteiger partial charge on any atom is -0.250 e. The summed E-state index contributed by atoms with van der Waals surface area (Å²) in [6, 6.07) is 2.77. The van der Waals surface area contributed by atoms with E-state index in [1.807, 2.05) is 0 Å². The Hall–Kier alpha value is -1.49. The highest BCUT2D eigenvalue weighted by Gasteiger charge is 2.04. The molecule has 2 aromatic heterocycles. The molecule has 0 atom stereocenters. The maximum atomic E-state index is 12.5. The van der Waals surface area contributed by atoms with Crippen LogP contribution in [0.4, 0.5) is 4.39 Å². The van der Waals surface area contributed by atoms with Crippen LogP contribution < -0.4 is 0 Å². The van der Waals surface area contributed by atoms with Crippen LogP contribution in [0.1, 0.15) is 0 Å². The standard InChI is InChI=1S/C7H4ClFN4/c8-7-11-6(12-13-7)5-2-1-4(9)3-10-5/h1-3H,(H,11,12,13). The molecule has 0 saturated heterocycles. The molecule has 4 nitrogen and oxygen atoms in total. The van der Waals surface area contributed by atoms with Crippen molar-refractivity contribution in [3.05, 3.63) is 29.4 Å². The van der Waals surface area contributed by atoms with Gasteiger partial charge in [0.25, 0.3) is 0 Å². The van der Waals surface area contributed by atoms with E-state index in [0.29, 0.717) is 11.5 Å². The van der Waals surface area contributed by atoms with Crippen molar-refractivity contribution in [2.75, 3.05) is 0 Å². The summed E-state index contributed by atoms with van der Waals surface area (Å²) in [7, 11) is 0. The number of aromatic nitrogens is 4. The third-order valence-electron chi connectivity index (χ3n) is 1.41. The highest BCUT2D eigenvalue weighted by molar-refractivity contribution is 6.28. The number of nitrogens with zero attached hydrogens (tertiary/aromatic N) is 3. The van der Waals surface area contributed by atoms with Gasteiger partial charge in [0.1, 0.15) is 11.5 Å². The molecule has 66 valence electrons. The van der Waals surface area contributed by atoms with Gasteiger partial charge < -0.3 is 0 Å². The molecule has 0 fully saturated rings. The van der Waals surface area contributed by atoms with Gasteiger partial charge in [-0.25, -0.2) is 14.5 Å². The largest absolute Gasteiger partial charge is 0.250 e.